The summed E-state index contributed by atoms with van der Waals surface area (Å²) in [7, 11) is 0. The predicted octanol–water partition coefficient (Wildman–Crippen LogP) is 8.22. The van der Waals surface area contributed by atoms with Crippen LogP contribution in [0.25, 0.3) is 10.1 Å². The summed E-state index contributed by atoms with van der Waals surface area (Å²) in [4.78, 5) is 42.9. The average Bonchev–Trinajstić information content (AvgIpc) is 3.33. The van der Waals surface area contributed by atoms with Crippen molar-refractivity contribution in [2.75, 3.05) is 9.80 Å². The number of fused-ring (bicyclic) bond motifs is 2. The normalized spacial score (nSPS) is 16.2. The maximum Gasteiger partial charge on any atom is 0.270 e. The molecule has 0 N–H and O–H groups in total. The fourth-order valence-electron chi connectivity index (χ4n) is 5.70. The van der Waals surface area contributed by atoms with Gasteiger partial charge in [-0.2, -0.15) is 0 Å². The highest BCUT2D eigenvalue weighted by atomic mass is 35.5. The van der Waals surface area contributed by atoms with Crippen LogP contribution < -0.4 is 9.80 Å². The third-order valence-corrected chi connectivity index (χ3v) is 9.26. The van der Waals surface area contributed by atoms with E-state index in [-0.39, 0.29) is 41.0 Å². The molecule has 1 aliphatic heterocycles. The summed E-state index contributed by atoms with van der Waals surface area (Å²) in [5.41, 5.74) is 3.21. The van der Waals surface area contributed by atoms with Gasteiger partial charge in [-0.15, -0.1) is 11.3 Å². The first-order chi connectivity index (χ1) is 20.3. The summed E-state index contributed by atoms with van der Waals surface area (Å²) >= 11 is 7.91. The van der Waals surface area contributed by atoms with Gasteiger partial charge in [-0.25, -0.2) is 0 Å². The van der Waals surface area contributed by atoms with Gasteiger partial charge in [0.1, 0.15) is 4.88 Å². The topological polar surface area (TPSA) is 83.8 Å². The molecule has 0 fully saturated rings. The van der Waals surface area contributed by atoms with Crippen molar-refractivity contribution in [3.8, 4) is 0 Å². The predicted molar refractivity (Wildman–Crippen MR) is 168 cm³/mol. The highest BCUT2D eigenvalue weighted by Crippen LogP contribution is 2.45. The number of thiophene rings is 1. The van der Waals surface area contributed by atoms with E-state index >= 15 is 0 Å². The zero-order chi connectivity index (χ0) is 29.4. The number of anilines is 2. The Hall–Kier alpha value is -4.53. The average molecular weight is 596 g/mol. The number of nitrogens with zero attached hydrogens (tertiary/aromatic N) is 3. The second kappa shape index (κ2) is 11.4. The summed E-state index contributed by atoms with van der Waals surface area (Å²) in [6.07, 6.45) is 0.779. The minimum atomic E-state index is -0.462. The number of carbonyl (C=O) groups is 2. The largest absolute Gasteiger partial charge is 0.309 e. The van der Waals surface area contributed by atoms with Gasteiger partial charge in [0, 0.05) is 39.6 Å². The van der Waals surface area contributed by atoms with Crippen molar-refractivity contribution in [2.45, 2.75) is 31.8 Å². The van der Waals surface area contributed by atoms with Crippen molar-refractivity contribution in [3.63, 3.8) is 0 Å². The van der Waals surface area contributed by atoms with Crippen molar-refractivity contribution in [1.82, 2.24) is 0 Å². The Balaban J connectivity index is 1.43. The molecular weight excluding hydrogens is 570 g/mol. The zero-order valence-corrected chi connectivity index (χ0v) is 24.2. The number of hydrogen-bond donors (Lipinski definition) is 0. The molecule has 7 nitrogen and oxygen atoms in total. The van der Waals surface area contributed by atoms with E-state index in [0.717, 1.165) is 28.2 Å². The summed E-state index contributed by atoms with van der Waals surface area (Å²) in [6.45, 7) is 2.00. The first kappa shape index (κ1) is 27.6. The lowest BCUT2D eigenvalue weighted by atomic mass is 9.89. The Labute approximate surface area is 251 Å². The van der Waals surface area contributed by atoms with E-state index in [9.17, 15) is 19.7 Å². The lowest BCUT2D eigenvalue weighted by molar-refractivity contribution is -0.384. The Bertz CT molecular complexity index is 1810. The fourth-order valence-corrected chi connectivity index (χ4v) is 7.19. The molecule has 1 aliphatic rings. The van der Waals surface area contributed by atoms with Crippen molar-refractivity contribution < 1.29 is 14.5 Å². The molecule has 210 valence electrons. The van der Waals surface area contributed by atoms with Crippen LogP contribution in [0.2, 0.25) is 5.02 Å². The maximum absolute atomic E-state index is 14.5. The second-order valence-corrected chi connectivity index (χ2v) is 11.7. The molecule has 2 atom stereocenters. The highest BCUT2D eigenvalue weighted by molar-refractivity contribution is 7.21. The smallest absolute Gasteiger partial charge is 0.270 e. The molecule has 0 saturated carbocycles. The van der Waals surface area contributed by atoms with Gasteiger partial charge in [0.15, 0.2) is 0 Å². The van der Waals surface area contributed by atoms with Gasteiger partial charge in [0.25, 0.3) is 11.6 Å². The van der Waals surface area contributed by atoms with Crippen LogP contribution in [0.1, 0.15) is 40.2 Å². The molecule has 0 aliphatic carbocycles. The second-order valence-electron chi connectivity index (χ2n) is 10.3. The number of non-ortho nitro benzene ring substituents is 1. The monoisotopic (exact) mass is 595 g/mol. The number of benzene rings is 4. The van der Waals surface area contributed by atoms with E-state index in [2.05, 4.69) is 0 Å². The molecule has 0 spiro atoms. The number of nitro groups is 1. The van der Waals surface area contributed by atoms with Gasteiger partial charge < -0.3 is 4.90 Å². The Kier molecular flexibility index (Phi) is 7.49. The molecule has 1 aromatic heterocycles. The lowest BCUT2D eigenvalue weighted by Crippen LogP contribution is -2.48. The molecule has 2 amide bonds. The van der Waals surface area contributed by atoms with E-state index in [1.807, 2.05) is 96.8 Å². The van der Waals surface area contributed by atoms with Crippen LogP contribution >= 0.6 is 22.9 Å². The van der Waals surface area contributed by atoms with Crippen molar-refractivity contribution >= 4 is 61.9 Å². The van der Waals surface area contributed by atoms with E-state index in [1.165, 1.54) is 12.1 Å². The summed E-state index contributed by atoms with van der Waals surface area (Å²) in [6, 6.07) is 30.6. The minimum absolute atomic E-state index is 0.00803. The van der Waals surface area contributed by atoms with Gasteiger partial charge in [0.05, 0.1) is 22.4 Å². The quantitative estimate of drug-likeness (QED) is 0.146. The number of rotatable bonds is 6. The first-order valence-electron chi connectivity index (χ1n) is 13.5. The van der Waals surface area contributed by atoms with Crippen LogP contribution in [0.4, 0.5) is 17.1 Å². The van der Waals surface area contributed by atoms with E-state index in [0.29, 0.717) is 27.1 Å². The van der Waals surface area contributed by atoms with Crippen LogP contribution in [0.5, 0.6) is 0 Å². The number of halogens is 1. The molecule has 0 bridgehead atoms. The summed E-state index contributed by atoms with van der Waals surface area (Å²) in [5.74, 6) is -0.308. The van der Waals surface area contributed by atoms with Crippen molar-refractivity contribution in [2.24, 2.45) is 0 Å². The molecule has 0 unspecified atom stereocenters. The molecule has 0 radical (unpaired) electrons. The van der Waals surface area contributed by atoms with Crippen LogP contribution in [-0.2, 0) is 11.2 Å². The lowest BCUT2D eigenvalue weighted by Gasteiger charge is -2.43. The fraction of sp³-hybridized carbons (Fsp3) is 0.152. The van der Waals surface area contributed by atoms with Gasteiger partial charge in [-0.1, -0.05) is 78.3 Å². The van der Waals surface area contributed by atoms with E-state index in [1.54, 1.807) is 11.0 Å². The molecule has 2 heterocycles. The van der Waals surface area contributed by atoms with E-state index in [4.69, 9.17) is 11.6 Å². The van der Waals surface area contributed by atoms with Crippen LogP contribution in [-0.4, -0.2) is 22.8 Å². The molecular formula is C33H26ClN3O4S. The zero-order valence-electron chi connectivity index (χ0n) is 22.6. The number of carbonyl (C=O) groups excluding carboxylic acids is 2. The Morgan fingerprint density at radius 1 is 0.976 bits per heavy atom. The molecule has 9 heteroatoms. The number of nitro benzene ring substituents is 1. The third kappa shape index (κ3) is 5.04. The standard InChI is InChI=1S/C33H26ClN3O4S/c1-21-18-28(25-14-8-9-15-27(25)35(21)30(38)19-22-10-4-2-5-11-22)36(23-12-6-3-7-13-23)33(39)32-31(34)26-17-16-24(37(40)41)20-29(26)42-32/h2-17,20-21,28H,18-19H2,1H3/t21-,28+/m0/s1. The first-order valence-corrected chi connectivity index (χ1v) is 14.7. The molecule has 6 rings (SSSR count). The number of amides is 2. The van der Waals surface area contributed by atoms with Gasteiger partial charge >= 0.3 is 0 Å². The van der Waals surface area contributed by atoms with Crippen molar-refractivity contribution in [1.29, 1.82) is 0 Å². The minimum Gasteiger partial charge on any atom is -0.309 e. The summed E-state index contributed by atoms with van der Waals surface area (Å²) in [5, 5.41) is 12.2. The SMILES string of the molecule is C[C@H]1C[C@@H](N(C(=O)c2sc3cc([N+](=O)[O-])ccc3c2Cl)c2ccccc2)c2ccccc2N1C(=O)Cc1ccccc1. The maximum atomic E-state index is 14.5. The highest BCUT2D eigenvalue weighted by Gasteiger charge is 2.39. The number of hydrogen-bond acceptors (Lipinski definition) is 5. The van der Waals surface area contributed by atoms with Crippen molar-refractivity contribution in [3.05, 3.63) is 134 Å². The van der Waals surface area contributed by atoms with Crippen LogP contribution in [0.3, 0.4) is 0 Å². The molecule has 0 saturated heterocycles. The van der Waals surface area contributed by atoms with Gasteiger partial charge in [0.2, 0.25) is 5.91 Å². The third-order valence-electron chi connectivity index (χ3n) is 7.61. The summed E-state index contributed by atoms with van der Waals surface area (Å²) < 4.78 is 0.570. The van der Waals surface area contributed by atoms with E-state index < -0.39 is 4.92 Å². The Morgan fingerprint density at radius 2 is 1.64 bits per heavy atom. The Morgan fingerprint density at radius 3 is 2.36 bits per heavy atom. The van der Waals surface area contributed by atoms with Gasteiger partial charge in [-0.3, -0.25) is 24.6 Å². The molecule has 4 aromatic carbocycles. The van der Waals surface area contributed by atoms with Gasteiger partial charge in [-0.05, 0) is 48.7 Å². The van der Waals surface area contributed by atoms with Crippen LogP contribution in [0.15, 0.2) is 103 Å². The molecule has 42 heavy (non-hydrogen) atoms. The number of para-hydroxylation sites is 2. The molecule has 5 aromatic rings. The van der Waals surface area contributed by atoms with Crippen LogP contribution in [0, 0.1) is 10.1 Å².